The van der Waals surface area contributed by atoms with Gasteiger partial charge >= 0.3 is 0 Å². The molecule has 0 aliphatic carbocycles. The highest BCUT2D eigenvalue weighted by Gasteiger charge is 2.07. The Morgan fingerprint density at radius 2 is 1.80 bits per heavy atom. The minimum Gasteiger partial charge on any atom is -0.496 e. The first-order valence-electron chi connectivity index (χ1n) is 4.62. The molecule has 2 heteroatoms. The quantitative estimate of drug-likeness (QED) is 0.796. The van der Waals surface area contributed by atoms with E-state index in [2.05, 4.69) is 22.0 Å². The van der Waals surface area contributed by atoms with Gasteiger partial charge in [0.25, 0.3) is 0 Å². The molecule has 0 aromatic heterocycles. The lowest BCUT2D eigenvalue weighted by atomic mass is 10.1. The van der Waals surface area contributed by atoms with Gasteiger partial charge < -0.3 is 4.74 Å². The first kappa shape index (κ1) is 10.2. The molecule has 75 valence electrons. The molecule has 0 atom stereocenters. The van der Waals surface area contributed by atoms with Crippen LogP contribution in [-0.4, -0.2) is 7.11 Å². The Morgan fingerprint density at radius 3 is 2.53 bits per heavy atom. The van der Waals surface area contributed by atoms with Gasteiger partial charge in [0.05, 0.1) is 7.11 Å². The van der Waals surface area contributed by atoms with Crippen LogP contribution in [0.5, 0.6) is 5.75 Å². The number of ether oxygens (including phenoxy) is 1. The van der Waals surface area contributed by atoms with Crippen LogP contribution < -0.4 is 4.74 Å². The largest absolute Gasteiger partial charge is 0.496 e. The van der Waals surface area contributed by atoms with E-state index in [4.69, 9.17) is 4.74 Å². The molecular weight excluding hydrogens is 252 g/mol. The van der Waals surface area contributed by atoms with Crippen LogP contribution in [0.3, 0.4) is 0 Å². The Hall–Kier alpha value is -1.28. The van der Waals surface area contributed by atoms with Crippen molar-refractivity contribution in [1.82, 2.24) is 0 Å². The van der Waals surface area contributed by atoms with Crippen LogP contribution >= 0.6 is 15.9 Å². The van der Waals surface area contributed by atoms with Gasteiger partial charge in [-0.05, 0) is 28.1 Å². The van der Waals surface area contributed by atoms with Gasteiger partial charge in [0.2, 0.25) is 0 Å². The summed E-state index contributed by atoms with van der Waals surface area (Å²) in [4.78, 5) is 0. The topological polar surface area (TPSA) is 9.23 Å². The number of rotatable bonds is 2. The molecule has 0 aliphatic rings. The van der Waals surface area contributed by atoms with Crippen LogP contribution in [-0.2, 0) is 0 Å². The minimum absolute atomic E-state index is 0.873. The van der Waals surface area contributed by atoms with Crippen molar-refractivity contribution in [2.45, 2.75) is 0 Å². The van der Waals surface area contributed by atoms with Crippen LogP contribution in [0, 0.1) is 6.07 Å². The third-order valence-corrected chi connectivity index (χ3v) is 2.86. The van der Waals surface area contributed by atoms with Gasteiger partial charge in [-0.2, -0.15) is 0 Å². The van der Waals surface area contributed by atoms with E-state index in [-0.39, 0.29) is 0 Å². The fourth-order valence-corrected chi connectivity index (χ4v) is 1.97. The first-order valence-corrected chi connectivity index (χ1v) is 5.42. The molecule has 0 aliphatic heterocycles. The van der Waals surface area contributed by atoms with Crippen LogP contribution in [0.4, 0.5) is 0 Å². The Morgan fingerprint density at radius 1 is 1.07 bits per heavy atom. The molecular formula is C13H10BrO. The van der Waals surface area contributed by atoms with E-state index in [1.165, 1.54) is 0 Å². The second-order valence-electron chi connectivity index (χ2n) is 3.10. The van der Waals surface area contributed by atoms with E-state index in [1.807, 2.05) is 42.5 Å². The van der Waals surface area contributed by atoms with Crippen LogP contribution in [0.2, 0.25) is 0 Å². The predicted octanol–water partition coefficient (Wildman–Crippen LogP) is 3.92. The number of para-hydroxylation sites is 1. The minimum atomic E-state index is 0.873. The Kier molecular flexibility index (Phi) is 3.07. The molecule has 0 N–H and O–H groups in total. The third kappa shape index (κ3) is 2.05. The molecule has 0 saturated carbocycles. The summed E-state index contributed by atoms with van der Waals surface area (Å²) < 4.78 is 6.27. The Bertz CT molecular complexity index is 466. The maximum atomic E-state index is 5.32. The molecule has 15 heavy (non-hydrogen) atoms. The number of hydrogen-bond donors (Lipinski definition) is 0. The fraction of sp³-hybridized carbons (Fsp3) is 0.0769. The van der Waals surface area contributed by atoms with E-state index in [1.54, 1.807) is 7.11 Å². The van der Waals surface area contributed by atoms with Gasteiger partial charge in [-0.25, -0.2) is 0 Å². The third-order valence-electron chi connectivity index (χ3n) is 2.20. The maximum absolute atomic E-state index is 5.32. The molecule has 0 spiro atoms. The molecule has 2 rings (SSSR count). The summed E-state index contributed by atoms with van der Waals surface area (Å²) in [5, 5.41) is 0. The predicted molar refractivity (Wildman–Crippen MR) is 65.0 cm³/mol. The summed E-state index contributed by atoms with van der Waals surface area (Å²) in [6.07, 6.45) is 0. The van der Waals surface area contributed by atoms with Crippen molar-refractivity contribution in [3.05, 3.63) is 53.0 Å². The van der Waals surface area contributed by atoms with E-state index >= 15 is 0 Å². The van der Waals surface area contributed by atoms with Crippen molar-refractivity contribution in [3.63, 3.8) is 0 Å². The van der Waals surface area contributed by atoms with Gasteiger partial charge in [-0.15, -0.1) is 0 Å². The smallest absolute Gasteiger partial charge is 0.126 e. The summed E-state index contributed by atoms with van der Waals surface area (Å²) in [7, 11) is 1.68. The summed E-state index contributed by atoms with van der Waals surface area (Å²) in [6, 6.07) is 16.9. The standard InChI is InChI=1S/C13H10BrO/c1-15-13-9-5-3-7-11(13)10-6-2-4-8-12(10)14/h2-7,9H,1H3. The zero-order chi connectivity index (χ0) is 10.7. The van der Waals surface area contributed by atoms with Crippen molar-refractivity contribution in [2.75, 3.05) is 7.11 Å². The van der Waals surface area contributed by atoms with E-state index in [0.717, 1.165) is 21.3 Å². The molecule has 1 radical (unpaired) electrons. The van der Waals surface area contributed by atoms with Crippen LogP contribution in [0.25, 0.3) is 11.1 Å². The Balaban J connectivity index is 2.59. The van der Waals surface area contributed by atoms with Gasteiger partial charge in [0.15, 0.2) is 0 Å². The second-order valence-corrected chi connectivity index (χ2v) is 3.89. The molecule has 0 heterocycles. The monoisotopic (exact) mass is 261 g/mol. The lowest BCUT2D eigenvalue weighted by molar-refractivity contribution is 0.416. The highest BCUT2D eigenvalue weighted by atomic mass is 79.9. The molecule has 0 unspecified atom stereocenters. The molecule has 2 aromatic carbocycles. The summed E-state index contributed by atoms with van der Waals surface area (Å²) >= 11 is 3.49. The van der Waals surface area contributed by atoms with E-state index in [0.29, 0.717) is 0 Å². The zero-order valence-corrected chi connectivity index (χ0v) is 9.91. The summed E-state index contributed by atoms with van der Waals surface area (Å²) in [5.41, 5.74) is 2.17. The van der Waals surface area contributed by atoms with Gasteiger partial charge in [0.1, 0.15) is 5.75 Å². The fourth-order valence-electron chi connectivity index (χ4n) is 1.49. The maximum Gasteiger partial charge on any atom is 0.126 e. The molecule has 2 aromatic rings. The SMILES string of the molecule is COc1ccccc1-c1ccc[c]c1Br. The molecule has 0 saturated heterocycles. The van der Waals surface area contributed by atoms with Gasteiger partial charge in [-0.3, -0.25) is 0 Å². The Labute approximate surface area is 97.8 Å². The van der Waals surface area contributed by atoms with Crippen molar-refractivity contribution in [2.24, 2.45) is 0 Å². The van der Waals surface area contributed by atoms with Crippen molar-refractivity contribution in [3.8, 4) is 16.9 Å². The number of benzene rings is 2. The number of hydrogen-bond acceptors (Lipinski definition) is 1. The van der Waals surface area contributed by atoms with Crippen molar-refractivity contribution < 1.29 is 4.74 Å². The van der Waals surface area contributed by atoms with Crippen LogP contribution in [0.1, 0.15) is 0 Å². The number of halogens is 1. The molecule has 0 amide bonds. The lowest BCUT2D eigenvalue weighted by Gasteiger charge is -2.09. The summed E-state index contributed by atoms with van der Waals surface area (Å²) in [5.74, 6) is 0.873. The lowest BCUT2D eigenvalue weighted by Crippen LogP contribution is -1.87. The molecule has 0 bridgehead atoms. The highest BCUT2D eigenvalue weighted by molar-refractivity contribution is 9.10. The van der Waals surface area contributed by atoms with Crippen molar-refractivity contribution in [1.29, 1.82) is 0 Å². The van der Waals surface area contributed by atoms with E-state index < -0.39 is 0 Å². The first-order chi connectivity index (χ1) is 7.33. The zero-order valence-electron chi connectivity index (χ0n) is 8.33. The summed E-state index contributed by atoms with van der Waals surface area (Å²) in [6.45, 7) is 0. The number of methoxy groups -OCH3 is 1. The highest BCUT2D eigenvalue weighted by Crippen LogP contribution is 2.33. The van der Waals surface area contributed by atoms with Gasteiger partial charge in [0, 0.05) is 15.6 Å². The second kappa shape index (κ2) is 4.49. The average Bonchev–Trinajstić information content (AvgIpc) is 2.30. The average molecular weight is 262 g/mol. The molecule has 0 fully saturated rings. The van der Waals surface area contributed by atoms with Gasteiger partial charge in [-0.1, -0.05) is 36.4 Å². The molecule has 1 nitrogen and oxygen atoms in total. The van der Waals surface area contributed by atoms with E-state index in [9.17, 15) is 0 Å². The van der Waals surface area contributed by atoms with Crippen molar-refractivity contribution >= 4 is 15.9 Å². The van der Waals surface area contributed by atoms with Crippen LogP contribution in [0.15, 0.2) is 46.9 Å². The normalized spacial score (nSPS) is 10.0.